The second-order valence-electron chi connectivity index (χ2n) is 6.16. The third kappa shape index (κ3) is 2.62. The van der Waals surface area contributed by atoms with Gasteiger partial charge in [-0.2, -0.15) is 4.91 Å². The summed E-state index contributed by atoms with van der Waals surface area (Å²) in [6, 6.07) is 12.5. The van der Waals surface area contributed by atoms with Gasteiger partial charge in [0, 0.05) is 0 Å². The summed E-state index contributed by atoms with van der Waals surface area (Å²) in [5.41, 5.74) is -2.32. The molecule has 4 rings (SSSR count). The zero-order valence-corrected chi connectivity index (χ0v) is 14.3. The Hall–Kier alpha value is -3.94. The van der Waals surface area contributed by atoms with Crippen molar-refractivity contribution in [3.8, 4) is 11.5 Å². The fraction of sp³-hybridized carbons (Fsp3) is 0.100. The summed E-state index contributed by atoms with van der Waals surface area (Å²) in [6.45, 7) is -0.590. The van der Waals surface area contributed by atoms with Crippen molar-refractivity contribution in [2.45, 2.75) is 5.92 Å². The van der Waals surface area contributed by atoms with Crippen molar-refractivity contribution in [3.63, 3.8) is 0 Å². The minimum Gasteiger partial charge on any atom is -0.507 e. The van der Waals surface area contributed by atoms with Gasteiger partial charge in [0.2, 0.25) is 0 Å². The average molecular weight is 379 g/mol. The van der Waals surface area contributed by atoms with Crippen LogP contribution >= 0.6 is 0 Å². The highest BCUT2D eigenvalue weighted by atomic mass is 16.4. The van der Waals surface area contributed by atoms with Gasteiger partial charge in [0.15, 0.2) is 0 Å². The predicted octanol–water partition coefficient (Wildman–Crippen LogP) is 3.21. The molecule has 0 unspecified atom stereocenters. The highest BCUT2D eigenvalue weighted by Crippen LogP contribution is 2.38. The number of fused-ring (bicyclic) bond motifs is 2. The minimum absolute atomic E-state index is 0.140. The predicted molar refractivity (Wildman–Crippen MR) is 101 cm³/mol. The molecule has 0 atom stereocenters. The molecule has 0 radical (unpaired) electrons. The standard InChI is InChI=1S/C20H13NO7/c22-17-10-5-1-3-7-13(10)27-19(24)15(17)12(9-21-26)16-18(23)11-6-2-4-8-14(11)28-20(16)25/h1-8,12,22-23H,9H2. The topological polar surface area (TPSA) is 130 Å². The number of aromatic hydroxyl groups is 2. The summed E-state index contributed by atoms with van der Waals surface area (Å²) in [6.07, 6.45) is 0. The van der Waals surface area contributed by atoms with E-state index in [2.05, 4.69) is 5.18 Å². The molecule has 0 saturated carbocycles. The van der Waals surface area contributed by atoms with E-state index in [1.54, 1.807) is 24.3 Å². The van der Waals surface area contributed by atoms with E-state index in [1.807, 2.05) is 0 Å². The van der Waals surface area contributed by atoms with Crippen LogP contribution in [0.15, 0.2) is 72.1 Å². The molecule has 0 bridgehead atoms. The summed E-state index contributed by atoms with van der Waals surface area (Å²) >= 11 is 0. The van der Waals surface area contributed by atoms with Crippen LogP contribution in [0.4, 0.5) is 0 Å². The van der Waals surface area contributed by atoms with Gasteiger partial charge in [-0.25, -0.2) is 9.59 Å². The second kappa shape index (κ2) is 6.66. The van der Waals surface area contributed by atoms with Crippen molar-refractivity contribution in [3.05, 3.63) is 85.4 Å². The van der Waals surface area contributed by atoms with E-state index >= 15 is 0 Å². The van der Waals surface area contributed by atoms with Crippen LogP contribution in [0.2, 0.25) is 0 Å². The van der Waals surface area contributed by atoms with Crippen molar-refractivity contribution < 1.29 is 19.0 Å². The van der Waals surface area contributed by atoms with Crippen LogP contribution < -0.4 is 11.3 Å². The molecule has 0 aliphatic heterocycles. The van der Waals surface area contributed by atoms with Gasteiger partial charge in [-0.15, -0.1) is 0 Å². The fourth-order valence-corrected chi connectivity index (χ4v) is 3.31. The lowest BCUT2D eigenvalue weighted by atomic mass is 9.90. The first kappa shape index (κ1) is 17.5. The molecule has 28 heavy (non-hydrogen) atoms. The molecule has 0 fully saturated rings. The third-order valence-corrected chi connectivity index (χ3v) is 4.59. The molecule has 0 amide bonds. The van der Waals surface area contributed by atoms with E-state index in [1.165, 1.54) is 24.3 Å². The Bertz CT molecular complexity index is 1240. The Labute approximate surface area is 156 Å². The van der Waals surface area contributed by atoms with Crippen molar-refractivity contribution in [2.24, 2.45) is 5.18 Å². The molecule has 140 valence electrons. The second-order valence-corrected chi connectivity index (χ2v) is 6.16. The quantitative estimate of drug-likeness (QED) is 0.411. The van der Waals surface area contributed by atoms with Crippen LogP contribution in [0.5, 0.6) is 11.5 Å². The summed E-state index contributed by atoms with van der Waals surface area (Å²) in [7, 11) is 0. The molecule has 2 N–H and O–H groups in total. The summed E-state index contributed by atoms with van der Waals surface area (Å²) in [5.74, 6) is -2.25. The normalized spacial score (nSPS) is 11.3. The van der Waals surface area contributed by atoms with Crippen molar-refractivity contribution in [2.75, 3.05) is 6.54 Å². The number of para-hydroxylation sites is 2. The Kier molecular flexibility index (Phi) is 4.15. The molecule has 2 aromatic heterocycles. The van der Waals surface area contributed by atoms with Crippen LogP contribution in [0, 0.1) is 4.91 Å². The monoisotopic (exact) mass is 379 g/mol. The maximum absolute atomic E-state index is 12.5. The van der Waals surface area contributed by atoms with Gasteiger partial charge in [-0.1, -0.05) is 29.4 Å². The smallest absolute Gasteiger partial charge is 0.343 e. The Morgan fingerprint density at radius 3 is 1.64 bits per heavy atom. The van der Waals surface area contributed by atoms with E-state index < -0.39 is 35.2 Å². The fourth-order valence-electron chi connectivity index (χ4n) is 3.31. The number of hydrogen-bond acceptors (Lipinski definition) is 8. The Balaban J connectivity index is 2.06. The van der Waals surface area contributed by atoms with Crippen LogP contribution in [-0.4, -0.2) is 16.8 Å². The Morgan fingerprint density at radius 1 is 0.786 bits per heavy atom. The summed E-state index contributed by atoms with van der Waals surface area (Å²) in [4.78, 5) is 36.1. The van der Waals surface area contributed by atoms with E-state index in [4.69, 9.17) is 8.83 Å². The summed E-state index contributed by atoms with van der Waals surface area (Å²) < 4.78 is 10.4. The molecular weight excluding hydrogens is 366 g/mol. The SMILES string of the molecule is O=NCC(c1c(O)c2ccccc2oc1=O)c1c(O)c2ccccc2oc1=O. The molecular formula is C20H13NO7. The third-order valence-electron chi connectivity index (χ3n) is 4.59. The number of benzene rings is 2. The molecule has 8 heteroatoms. The van der Waals surface area contributed by atoms with Gasteiger partial charge < -0.3 is 19.0 Å². The zero-order chi connectivity index (χ0) is 19.8. The van der Waals surface area contributed by atoms with Crippen molar-refractivity contribution in [1.82, 2.24) is 0 Å². The van der Waals surface area contributed by atoms with Crippen LogP contribution in [0.1, 0.15) is 17.0 Å². The number of rotatable bonds is 4. The largest absolute Gasteiger partial charge is 0.507 e. The maximum Gasteiger partial charge on any atom is 0.343 e. The molecule has 0 aliphatic carbocycles. The van der Waals surface area contributed by atoms with Crippen LogP contribution in [0.25, 0.3) is 21.9 Å². The first-order valence-corrected chi connectivity index (χ1v) is 8.31. The highest BCUT2D eigenvalue weighted by molar-refractivity contribution is 5.86. The van der Waals surface area contributed by atoms with Crippen molar-refractivity contribution in [1.29, 1.82) is 0 Å². The summed E-state index contributed by atoms with van der Waals surface area (Å²) in [5, 5.41) is 24.6. The van der Waals surface area contributed by atoms with E-state index in [0.29, 0.717) is 0 Å². The van der Waals surface area contributed by atoms with Gasteiger partial charge in [-0.05, 0) is 24.3 Å². The molecule has 8 nitrogen and oxygen atoms in total. The molecule has 0 aliphatic rings. The van der Waals surface area contributed by atoms with Gasteiger partial charge in [0.25, 0.3) is 0 Å². The van der Waals surface area contributed by atoms with Gasteiger partial charge in [-0.3, -0.25) is 0 Å². The lowest BCUT2D eigenvalue weighted by Gasteiger charge is -2.16. The zero-order valence-electron chi connectivity index (χ0n) is 14.3. The number of nitroso groups, excluding NO2 is 1. The minimum atomic E-state index is -1.35. The molecule has 0 saturated heterocycles. The molecule has 2 heterocycles. The maximum atomic E-state index is 12.5. The van der Waals surface area contributed by atoms with Crippen LogP contribution in [-0.2, 0) is 0 Å². The Morgan fingerprint density at radius 2 is 1.21 bits per heavy atom. The number of nitrogens with zero attached hydrogens (tertiary/aromatic N) is 1. The molecule has 2 aromatic carbocycles. The van der Waals surface area contributed by atoms with E-state index in [0.717, 1.165) is 0 Å². The first-order valence-electron chi connectivity index (χ1n) is 8.31. The van der Waals surface area contributed by atoms with Crippen molar-refractivity contribution >= 4 is 21.9 Å². The van der Waals surface area contributed by atoms with Gasteiger partial charge >= 0.3 is 11.3 Å². The van der Waals surface area contributed by atoms with Gasteiger partial charge in [0.1, 0.15) is 22.7 Å². The average Bonchev–Trinajstić information content (AvgIpc) is 2.68. The first-order chi connectivity index (χ1) is 13.5. The lowest BCUT2D eigenvalue weighted by molar-refractivity contribution is 0.435. The molecule has 0 spiro atoms. The van der Waals surface area contributed by atoms with Gasteiger partial charge in [0.05, 0.1) is 34.4 Å². The lowest BCUT2D eigenvalue weighted by Crippen LogP contribution is -2.22. The highest BCUT2D eigenvalue weighted by Gasteiger charge is 2.31. The number of hydrogen-bond donors (Lipinski definition) is 2. The van der Waals surface area contributed by atoms with E-state index in [9.17, 15) is 24.7 Å². The molecule has 4 aromatic rings. The van der Waals surface area contributed by atoms with Crippen LogP contribution in [0.3, 0.4) is 0 Å². The van der Waals surface area contributed by atoms with E-state index in [-0.39, 0.29) is 33.1 Å².